The monoisotopic (exact) mass is 831 g/mol. The van der Waals surface area contributed by atoms with Gasteiger partial charge in [-0.15, -0.1) is 0 Å². The first kappa shape index (κ1) is 35.8. The van der Waals surface area contributed by atoms with Crippen molar-refractivity contribution in [3.8, 4) is 44.8 Å². The van der Waals surface area contributed by atoms with Crippen LogP contribution in [-0.4, -0.2) is 9.13 Å². The number of anilines is 1. The zero-order valence-corrected chi connectivity index (χ0v) is 35.0. The van der Waals surface area contributed by atoms with Gasteiger partial charge in [0.1, 0.15) is 22.3 Å². The van der Waals surface area contributed by atoms with Crippen LogP contribution < -0.4 is 5.73 Å². The molecule has 304 valence electrons. The van der Waals surface area contributed by atoms with E-state index in [0.29, 0.717) is 0 Å². The number of para-hydroxylation sites is 5. The second-order valence-electron chi connectivity index (χ2n) is 17.1. The van der Waals surface area contributed by atoms with E-state index in [1.54, 1.807) is 0 Å². The van der Waals surface area contributed by atoms with Crippen LogP contribution in [0.1, 0.15) is 0 Å². The second-order valence-corrected chi connectivity index (χ2v) is 17.1. The van der Waals surface area contributed by atoms with Crippen LogP contribution in [0.4, 0.5) is 5.69 Å². The summed E-state index contributed by atoms with van der Waals surface area (Å²) in [5.41, 5.74) is 24.3. The van der Waals surface area contributed by atoms with Crippen molar-refractivity contribution in [1.82, 2.24) is 9.13 Å². The molecule has 0 radical (unpaired) electrons. The molecule has 0 aliphatic carbocycles. The molecule has 65 heavy (non-hydrogen) atoms. The van der Waals surface area contributed by atoms with Gasteiger partial charge in [-0.1, -0.05) is 103 Å². The van der Waals surface area contributed by atoms with Gasteiger partial charge in [-0.2, -0.15) is 0 Å². The molecule has 14 aromatic rings. The standard InChI is InChI=1S/C60H37N3O2/c61-52-20-10-7-17-43(52)40-28-38(36-23-25-53-46(30-36)48-34-59-50(44-18-8-11-21-57(44)64-59)32-55(48)62(53)41-13-3-1-4-14-41)27-39(29-40)37-24-26-54-47(31-37)49-35-60-51(45-19-9-12-22-58(45)65-60)33-56(49)63(54)42-15-5-2-6-16-42/h1-35H,61H2. The van der Waals surface area contributed by atoms with Gasteiger partial charge in [-0.25, -0.2) is 0 Å². The van der Waals surface area contributed by atoms with Crippen LogP contribution in [0.2, 0.25) is 0 Å². The van der Waals surface area contributed by atoms with Crippen LogP contribution in [0.5, 0.6) is 0 Å². The molecule has 5 nitrogen and oxygen atoms in total. The molecule has 0 amide bonds. The van der Waals surface area contributed by atoms with Crippen molar-refractivity contribution in [3.05, 3.63) is 212 Å². The molecule has 10 aromatic carbocycles. The van der Waals surface area contributed by atoms with E-state index in [4.69, 9.17) is 14.6 Å². The molecule has 0 fully saturated rings. The minimum atomic E-state index is 0.739. The van der Waals surface area contributed by atoms with Crippen molar-refractivity contribution >= 4 is 93.2 Å². The van der Waals surface area contributed by atoms with Gasteiger partial charge in [-0.05, 0) is 137 Å². The third kappa shape index (κ3) is 5.39. The topological polar surface area (TPSA) is 62.2 Å². The first-order chi connectivity index (χ1) is 32.1. The molecule has 4 heterocycles. The molecule has 0 unspecified atom stereocenters. The Kier molecular flexibility index (Phi) is 7.48. The molecule has 2 N–H and O–H groups in total. The third-order valence-electron chi connectivity index (χ3n) is 13.4. The van der Waals surface area contributed by atoms with Crippen molar-refractivity contribution < 1.29 is 8.83 Å². The number of rotatable bonds is 5. The number of hydrogen-bond acceptors (Lipinski definition) is 3. The number of nitrogen functional groups attached to an aromatic ring is 1. The number of aromatic nitrogens is 2. The van der Waals surface area contributed by atoms with Gasteiger partial charge in [0, 0.05) is 65.7 Å². The Hall–Kier alpha value is -8.80. The molecule has 14 rings (SSSR count). The highest BCUT2D eigenvalue weighted by molar-refractivity contribution is 6.19. The highest BCUT2D eigenvalue weighted by Crippen LogP contribution is 2.44. The highest BCUT2D eigenvalue weighted by atomic mass is 16.3. The maximum atomic E-state index is 6.74. The second kappa shape index (κ2) is 13.6. The summed E-state index contributed by atoms with van der Waals surface area (Å²) in [5, 5.41) is 9.03. The number of hydrogen-bond donors (Lipinski definition) is 1. The summed E-state index contributed by atoms with van der Waals surface area (Å²) in [6.07, 6.45) is 0. The molecule has 0 saturated carbocycles. The van der Waals surface area contributed by atoms with Gasteiger partial charge < -0.3 is 23.7 Å². The van der Waals surface area contributed by atoms with Gasteiger partial charge in [0.15, 0.2) is 0 Å². The highest BCUT2D eigenvalue weighted by Gasteiger charge is 2.20. The lowest BCUT2D eigenvalue weighted by Crippen LogP contribution is -1.93. The van der Waals surface area contributed by atoms with Crippen molar-refractivity contribution in [3.63, 3.8) is 0 Å². The summed E-state index contributed by atoms with van der Waals surface area (Å²) < 4.78 is 17.7. The molecule has 0 aliphatic rings. The predicted molar refractivity (Wildman–Crippen MR) is 270 cm³/mol. The van der Waals surface area contributed by atoms with Gasteiger partial charge in [0.2, 0.25) is 0 Å². The summed E-state index contributed by atoms with van der Waals surface area (Å²) >= 11 is 0. The predicted octanol–water partition coefficient (Wildman–Crippen LogP) is 16.3. The Morgan fingerprint density at radius 3 is 1.22 bits per heavy atom. The van der Waals surface area contributed by atoms with Gasteiger partial charge in [-0.3, -0.25) is 0 Å². The summed E-state index contributed by atoms with van der Waals surface area (Å²) in [4.78, 5) is 0. The van der Waals surface area contributed by atoms with E-state index in [1.807, 2.05) is 36.4 Å². The molecule has 0 saturated heterocycles. The molecule has 0 atom stereocenters. The Balaban J connectivity index is 1.00. The van der Waals surface area contributed by atoms with Crippen LogP contribution in [0, 0.1) is 0 Å². The van der Waals surface area contributed by atoms with E-state index >= 15 is 0 Å². The van der Waals surface area contributed by atoms with Gasteiger partial charge in [0.25, 0.3) is 0 Å². The number of nitrogens with zero attached hydrogens (tertiary/aromatic N) is 2. The minimum absolute atomic E-state index is 0.739. The molecule has 5 heteroatoms. The average molecular weight is 832 g/mol. The van der Waals surface area contributed by atoms with Crippen molar-refractivity contribution in [2.24, 2.45) is 0 Å². The molecule has 0 aliphatic heterocycles. The lowest BCUT2D eigenvalue weighted by atomic mass is 9.92. The third-order valence-corrected chi connectivity index (χ3v) is 13.4. The quantitative estimate of drug-likeness (QED) is 0.176. The van der Waals surface area contributed by atoms with Gasteiger partial charge >= 0.3 is 0 Å². The van der Waals surface area contributed by atoms with Crippen LogP contribution in [-0.2, 0) is 0 Å². The van der Waals surface area contributed by atoms with E-state index in [-0.39, 0.29) is 0 Å². The minimum Gasteiger partial charge on any atom is -0.456 e. The largest absolute Gasteiger partial charge is 0.456 e. The Labute approximate surface area is 372 Å². The van der Waals surface area contributed by atoms with Crippen LogP contribution in [0.25, 0.3) is 132 Å². The molecule has 0 bridgehead atoms. The fraction of sp³-hybridized carbons (Fsp3) is 0. The van der Waals surface area contributed by atoms with E-state index in [0.717, 1.165) is 138 Å². The van der Waals surface area contributed by atoms with E-state index < -0.39 is 0 Å². The summed E-state index contributed by atoms with van der Waals surface area (Å²) in [7, 11) is 0. The molecule has 4 aromatic heterocycles. The molecular weight excluding hydrogens is 795 g/mol. The number of benzene rings is 10. The maximum Gasteiger partial charge on any atom is 0.136 e. The van der Waals surface area contributed by atoms with Gasteiger partial charge in [0.05, 0.1) is 22.1 Å². The zero-order valence-electron chi connectivity index (χ0n) is 35.0. The average Bonchev–Trinajstić information content (AvgIpc) is 4.10. The lowest BCUT2D eigenvalue weighted by Gasteiger charge is -2.14. The number of furan rings is 2. The Bertz CT molecular complexity index is 3990. The van der Waals surface area contributed by atoms with Crippen molar-refractivity contribution in [2.45, 2.75) is 0 Å². The van der Waals surface area contributed by atoms with E-state index in [9.17, 15) is 0 Å². The first-order valence-corrected chi connectivity index (χ1v) is 22.0. The van der Waals surface area contributed by atoms with Crippen LogP contribution in [0.3, 0.4) is 0 Å². The Morgan fingerprint density at radius 1 is 0.277 bits per heavy atom. The first-order valence-electron chi connectivity index (χ1n) is 22.0. The summed E-state index contributed by atoms with van der Waals surface area (Å²) in [6, 6.07) is 75.7. The summed E-state index contributed by atoms with van der Waals surface area (Å²) in [5.74, 6) is 0. The van der Waals surface area contributed by atoms with E-state index in [2.05, 4.69) is 185 Å². The lowest BCUT2D eigenvalue weighted by molar-refractivity contribution is 0.669. The molecular formula is C60H37N3O2. The van der Waals surface area contributed by atoms with E-state index in [1.165, 1.54) is 0 Å². The fourth-order valence-corrected chi connectivity index (χ4v) is 10.4. The Morgan fingerprint density at radius 2 is 0.708 bits per heavy atom. The number of nitrogens with two attached hydrogens (primary N) is 1. The fourth-order valence-electron chi connectivity index (χ4n) is 10.4. The zero-order chi connectivity index (χ0) is 42.8. The molecule has 0 spiro atoms. The maximum absolute atomic E-state index is 6.74. The van der Waals surface area contributed by atoms with Crippen molar-refractivity contribution in [2.75, 3.05) is 5.73 Å². The van der Waals surface area contributed by atoms with Crippen molar-refractivity contribution in [1.29, 1.82) is 0 Å². The SMILES string of the molecule is Nc1ccccc1-c1cc(-c2ccc3c(c2)c2cc4oc5ccccc5c4cc2n3-c2ccccc2)cc(-c2ccc3c(c2)c2cc4oc5ccccc5c4cc2n3-c2ccccc2)c1. The number of fused-ring (bicyclic) bond motifs is 12. The van der Waals surface area contributed by atoms with Crippen LogP contribution >= 0.6 is 0 Å². The van der Waals surface area contributed by atoms with Crippen LogP contribution in [0.15, 0.2) is 221 Å². The smallest absolute Gasteiger partial charge is 0.136 e. The normalized spacial score (nSPS) is 12.1. The summed E-state index contributed by atoms with van der Waals surface area (Å²) in [6.45, 7) is 0.